The van der Waals surface area contributed by atoms with E-state index >= 15 is 0 Å². The van der Waals surface area contributed by atoms with Crippen LogP contribution in [0, 0.1) is 17.1 Å². The van der Waals surface area contributed by atoms with Crippen LogP contribution in [0.25, 0.3) is 11.0 Å². The number of fused-ring (bicyclic) bond motifs is 1. The van der Waals surface area contributed by atoms with Crippen molar-refractivity contribution in [2.24, 2.45) is 5.41 Å². The first-order chi connectivity index (χ1) is 9.45. The molecule has 0 aliphatic heterocycles. The van der Waals surface area contributed by atoms with Gasteiger partial charge in [-0.25, -0.2) is 0 Å². The maximum atomic E-state index is 5.84. The molecule has 1 aromatic carbocycles. The molecule has 0 bridgehead atoms. The van der Waals surface area contributed by atoms with Gasteiger partial charge in [0, 0.05) is 18.1 Å². The van der Waals surface area contributed by atoms with Crippen molar-refractivity contribution >= 4 is 23.3 Å². The normalized spacial score (nSPS) is 24.8. The molecular formula is C16H22N2OS. The SMILES string of the molecule is CCOC1CC(n2c(=S)[nH]c3ccc(C)cc32)C1(C)C. The Hall–Kier alpha value is -1.13. The maximum Gasteiger partial charge on any atom is 0.178 e. The van der Waals surface area contributed by atoms with Crippen LogP contribution in [0.2, 0.25) is 0 Å². The number of hydrogen-bond acceptors (Lipinski definition) is 2. The van der Waals surface area contributed by atoms with E-state index in [2.05, 4.69) is 55.4 Å². The van der Waals surface area contributed by atoms with E-state index in [-0.39, 0.29) is 5.41 Å². The Balaban J connectivity index is 2.06. The Bertz CT molecular complexity index is 698. The summed E-state index contributed by atoms with van der Waals surface area (Å²) in [7, 11) is 0. The van der Waals surface area contributed by atoms with Gasteiger partial charge in [0.25, 0.3) is 0 Å². The molecule has 2 atom stereocenters. The number of hydrogen-bond donors (Lipinski definition) is 1. The van der Waals surface area contributed by atoms with Crippen molar-refractivity contribution in [3.63, 3.8) is 0 Å². The van der Waals surface area contributed by atoms with Gasteiger partial charge in [0.15, 0.2) is 4.77 Å². The van der Waals surface area contributed by atoms with Crippen LogP contribution in [0.5, 0.6) is 0 Å². The number of aryl methyl sites for hydroxylation is 1. The number of ether oxygens (including phenoxy) is 1. The number of nitrogens with zero attached hydrogens (tertiary/aromatic N) is 1. The van der Waals surface area contributed by atoms with Gasteiger partial charge in [-0.3, -0.25) is 0 Å². The summed E-state index contributed by atoms with van der Waals surface area (Å²) in [4.78, 5) is 3.32. The van der Waals surface area contributed by atoms with Gasteiger partial charge in [-0.15, -0.1) is 0 Å². The third kappa shape index (κ3) is 1.93. The molecule has 1 N–H and O–H groups in total. The standard InChI is InChI=1S/C16H22N2OS/c1-5-19-14-9-13(16(14,3)4)18-12-8-10(2)6-7-11(12)17-15(18)20/h6-8,13-14H,5,9H2,1-4H3,(H,17,20). The van der Waals surface area contributed by atoms with Crippen molar-refractivity contribution in [3.8, 4) is 0 Å². The average molecular weight is 290 g/mol. The number of aromatic amines is 1. The number of imidazole rings is 1. The van der Waals surface area contributed by atoms with Gasteiger partial charge in [-0.05, 0) is 50.2 Å². The van der Waals surface area contributed by atoms with Gasteiger partial charge >= 0.3 is 0 Å². The monoisotopic (exact) mass is 290 g/mol. The fourth-order valence-corrected chi connectivity index (χ4v) is 3.66. The molecule has 1 heterocycles. The molecule has 2 unspecified atom stereocenters. The zero-order chi connectivity index (χ0) is 14.5. The van der Waals surface area contributed by atoms with Gasteiger partial charge in [-0.1, -0.05) is 19.9 Å². The van der Waals surface area contributed by atoms with Crippen LogP contribution in [-0.4, -0.2) is 22.3 Å². The summed E-state index contributed by atoms with van der Waals surface area (Å²) in [6.07, 6.45) is 1.37. The summed E-state index contributed by atoms with van der Waals surface area (Å²) in [6.45, 7) is 9.51. The molecule has 1 aliphatic rings. The molecule has 20 heavy (non-hydrogen) atoms. The Labute approximate surface area is 125 Å². The van der Waals surface area contributed by atoms with E-state index in [1.54, 1.807) is 0 Å². The molecule has 0 spiro atoms. The average Bonchev–Trinajstić information content (AvgIpc) is 2.70. The van der Waals surface area contributed by atoms with Crippen LogP contribution in [0.4, 0.5) is 0 Å². The Kier molecular flexibility index (Phi) is 3.26. The van der Waals surface area contributed by atoms with Gasteiger partial charge in [-0.2, -0.15) is 0 Å². The van der Waals surface area contributed by atoms with E-state index in [1.165, 1.54) is 11.1 Å². The van der Waals surface area contributed by atoms with Crippen LogP contribution in [0.1, 0.15) is 38.8 Å². The Morgan fingerprint density at radius 1 is 1.45 bits per heavy atom. The second-order valence-corrected chi connectivity index (χ2v) is 6.72. The number of aromatic nitrogens is 2. The molecule has 0 amide bonds. The van der Waals surface area contributed by atoms with Gasteiger partial charge < -0.3 is 14.3 Å². The molecule has 0 radical (unpaired) electrons. The minimum atomic E-state index is 0.118. The lowest BCUT2D eigenvalue weighted by atomic mass is 9.64. The molecule has 108 valence electrons. The molecule has 1 aliphatic carbocycles. The van der Waals surface area contributed by atoms with Crippen LogP contribution >= 0.6 is 12.2 Å². The van der Waals surface area contributed by atoms with E-state index in [0.29, 0.717) is 12.1 Å². The summed E-state index contributed by atoms with van der Waals surface area (Å²) in [5, 5.41) is 0. The Morgan fingerprint density at radius 2 is 2.20 bits per heavy atom. The first kappa shape index (κ1) is 13.8. The van der Waals surface area contributed by atoms with Gasteiger partial charge in [0.2, 0.25) is 0 Å². The van der Waals surface area contributed by atoms with Crippen molar-refractivity contribution in [1.29, 1.82) is 0 Å². The molecule has 3 rings (SSSR count). The smallest absolute Gasteiger partial charge is 0.178 e. The predicted octanol–water partition coefficient (Wildman–Crippen LogP) is 4.38. The van der Waals surface area contributed by atoms with Crippen molar-refractivity contribution in [2.75, 3.05) is 6.61 Å². The first-order valence-electron chi connectivity index (χ1n) is 7.27. The van der Waals surface area contributed by atoms with E-state index in [9.17, 15) is 0 Å². The molecule has 3 nitrogen and oxygen atoms in total. The van der Waals surface area contributed by atoms with Crippen molar-refractivity contribution in [1.82, 2.24) is 9.55 Å². The molecule has 0 saturated heterocycles. The topological polar surface area (TPSA) is 29.9 Å². The van der Waals surface area contributed by atoms with Crippen molar-refractivity contribution in [2.45, 2.75) is 46.3 Å². The van der Waals surface area contributed by atoms with Gasteiger partial charge in [0.1, 0.15) is 0 Å². The lowest BCUT2D eigenvalue weighted by molar-refractivity contribution is -0.127. The highest BCUT2D eigenvalue weighted by Crippen LogP contribution is 2.52. The van der Waals surface area contributed by atoms with E-state index in [4.69, 9.17) is 17.0 Å². The lowest BCUT2D eigenvalue weighted by Crippen LogP contribution is -2.51. The summed E-state index contributed by atoms with van der Waals surface area (Å²) in [5.41, 5.74) is 3.71. The minimum absolute atomic E-state index is 0.118. The molecule has 1 saturated carbocycles. The molecular weight excluding hydrogens is 268 g/mol. The quantitative estimate of drug-likeness (QED) is 0.850. The van der Waals surface area contributed by atoms with E-state index in [0.717, 1.165) is 23.3 Å². The van der Waals surface area contributed by atoms with Crippen molar-refractivity contribution < 1.29 is 4.74 Å². The highest BCUT2D eigenvalue weighted by atomic mass is 32.1. The molecule has 1 aromatic heterocycles. The summed E-state index contributed by atoms with van der Waals surface area (Å²) >= 11 is 5.55. The van der Waals surface area contributed by atoms with Crippen LogP contribution in [-0.2, 0) is 4.74 Å². The van der Waals surface area contributed by atoms with Crippen LogP contribution in [0.15, 0.2) is 18.2 Å². The predicted molar refractivity (Wildman–Crippen MR) is 84.7 cm³/mol. The van der Waals surface area contributed by atoms with Crippen LogP contribution < -0.4 is 0 Å². The number of H-pyrrole nitrogens is 1. The van der Waals surface area contributed by atoms with E-state index in [1.807, 2.05) is 0 Å². The first-order valence-corrected chi connectivity index (χ1v) is 7.68. The molecule has 1 fully saturated rings. The largest absolute Gasteiger partial charge is 0.378 e. The van der Waals surface area contributed by atoms with Crippen molar-refractivity contribution in [3.05, 3.63) is 28.5 Å². The van der Waals surface area contributed by atoms with Gasteiger partial charge in [0.05, 0.1) is 17.1 Å². The number of rotatable bonds is 3. The molecule has 4 heteroatoms. The summed E-state index contributed by atoms with van der Waals surface area (Å²) in [6, 6.07) is 6.85. The highest BCUT2D eigenvalue weighted by molar-refractivity contribution is 7.71. The summed E-state index contributed by atoms with van der Waals surface area (Å²) < 4.78 is 8.94. The highest BCUT2D eigenvalue weighted by Gasteiger charge is 2.50. The maximum absolute atomic E-state index is 5.84. The minimum Gasteiger partial charge on any atom is -0.378 e. The van der Waals surface area contributed by atoms with E-state index < -0.39 is 0 Å². The fraction of sp³-hybridized carbons (Fsp3) is 0.562. The number of nitrogens with one attached hydrogen (secondary N) is 1. The summed E-state index contributed by atoms with van der Waals surface area (Å²) in [5.74, 6) is 0. The zero-order valence-corrected chi connectivity index (χ0v) is 13.4. The third-order valence-electron chi connectivity index (χ3n) is 4.68. The number of benzene rings is 1. The second-order valence-electron chi connectivity index (χ2n) is 6.34. The third-order valence-corrected chi connectivity index (χ3v) is 4.98. The second kappa shape index (κ2) is 4.71. The lowest BCUT2D eigenvalue weighted by Gasteiger charge is -2.52. The van der Waals surface area contributed by atoms with Crippen LogP contribution in [0.3, 0.4) is 0 Å². The fourth-order valence-electron chi connectivity index (χ4n) is 3.33. The molecule has 2 aromatic rings. The Morgan fingerprint density at radius 3 is 2.85 bits per heavy atom. The zero-order valence-electron chi connectivity index (χ0n) is 12.6.